The maximum Gasteiger partial charge on any atom is 0.339 e. The molecule has 172 valence electrons. The monoisotopic (exact) mass is 446 g/mol. The maximum atomic E-state index is 13.3. The van der Waals surface area contributed by atoms with Crippen molar-refractivity contribution in [2.45, 2.75) is 52.9 Å². The van der Waals surface area contributed by atoms with Crippen molar-refractivity contribution in [1.29, 1.82) is 10.5 Å². The standard InChI is InChI=1S/C26H30N4O3/c1-26(2,3)18-10-11-22-20(16-18)24(19-8-4-5-9-21(19)29-22)25(32)33-17-23(31)30(14-6-12-27)15-7-13-28/h4-5,8-9,18H,6-7,10-11,14-17H2,1-3H3. The lowest BCUT2D eigenvalue weighted by atomic mass is 9.70. The molecule has 0 saturated heterocycles. The summed E-state index contributed by atoms with van der Waals surface area (Å²) >= 11 is 0. The molecule has 7 heteroatoms. The van der Waals surface area contributed by atoms with E-state index in [9.17, 15) is 9.59 Å². The number of fused-ring (bicyclic) bond motifs is 2. The molecule has 0 saturated carbocycles. The van der Waals surface area contributed by atoms with E-state index in [1.54, 1.807) is 0 Å². The van der Waals surface area contributed by atoms with Gasteiger partial charge in [0.25, 0.3) is 5.91 Å². The second kappa shape index (κ2) is 10.4. The Balaban J connectivity index is 1.88. The lowest BCUT2D eigenvalue weighted by Gasteiger charge is -2.35. The quantitative estimate of drug-likeness (QED) is 0.590. The fraction of sp³-hybridized carbons (Fsp3) is 0.500. The summed E-state index contributed by atoms with van der Waals surface area (Å²) in [4.78, 5) is 32.2. The average Bonchev–Trinajstić information content (AvgIpc) is 2.79. The number of amides is 1. The molecule has 1 atom stereocenters. The van der Waals surface area contributed by atoms with Gasteiger partial charge in [-0.15, -0.1) is 0 Å². The molecule has 1 unspecified atom stereocenters. The summed E-state index contributed by atoms with van der Waals surface area (Å²) in [7, 11) is 0. The zero-order valence-corrected chi connectivity index (χ0v) is 19.6. The topological polar surface area (TPSA) is 107 Å². The van der Waals surface area contributed by atoms with Crippen LogP contribution in [0.3, 0.4) is 0 Å². The third kappa shape index (κ3) is 5.68. The number of para-hydroxylation sites is 1. The minimum absolute atomic E-state index is 0.0997. The highest BCUT2D eigenvalue weighted by Gasteiger charge is 2.33. The van der Waals surface area contributed by atoms with Crippen LogP contribution in [0, 0.1) is 34.0 Å². The lowest BCUT2D eigenvalue weighted by molar-refractivity contribution is -0.134. The molecule has 1 amide bonds. The number of aromatic nitrogens is 1. The average molecular weight is 447 g/mol. The molecule has 1 aliphatic rings. The number of nitriles is 2. The predicted octanol–water partition coefficient (Wildman–Crippen LogP) is 4.20. The summed E-state index contributed by atoms with van der Waals surface area (Å²) in [5.74, 6) is -0.532. The molecule has 0 bridgehead atoms. The van der Waals surface area contributed by atoms with Gasteiger partial charge in [-0.2, -0.15) is 10.5 Å². The summed E-state index contributed by atoms with van der Waals surface area (Å²) in [5.41, 5.74) is 3.19. The van der Waals surface area contributed by atoms with Crippen molar-refractivity contribution in [2.24, 2.45) is 11.3 Å². The Morgan fingerprint density at radius 3 is 2.45 bits per heavy atom. The van der Waals surface area contributed by atoms with Crippen LogP contribution in [0.25, 0.3) is 10.9 Å². The van der Waals surface area contributed by atoms with E-state index in [-0.39, 0.29) is 31.3 Å². The first-order valence-electron chi connectivity index (χ1n) is 11.4. The Hall–Kier alpha value is -3.45. The number of pyridine rings is 1. The van der Waals surface area contributed by atoms with Gasteiger partial charge in [-0.3, -0.25) is 9.78 Å². The normalized spacial score (nSPS) is 15.2. The fourth-order valence-corrected chi connectivity index (χ4v) is 4.38. The molecule has 1 heterocycles. The first-order valence-corrected chi connectivity index (χ1v) is 11.4. The van der Waals surface area contributed by atoms with Crippen LogP contribution in [-0.2, 0) is 22.4 Å². The second-order valence-electron chi connectivity index (χ2n) is 9.51. The first-order chi connectivity index (χ1) is 15.8. The molecule has 1 aromatic carbocycles. The fourth-order valence-electron chi connectivity index (χ4n) is 4.38. The zero-order chi connectivity index (χ0) is 24.0. The van der Waals surface area contributed by atoms with E-state index in [0.717, 1.165) is 41.4 Å². The van der Waals surface area contributed by atoms with E-state index in [4.69, 9.17) is 20.2 Å². The number of hydrogen-bond acceptors (Lipinski definition) is 6. The number of hydrogen-bond donors (Lipinski definition) is 0. The number of nitrogens with zero attached hydrogens (tertiary/aromatic N) is 4. The number of esters is 1. The molecule has 0 spiro atoms. The Kier molecular flexibility index (Phi) is 7.66. The molecular formula is C26H30N4O3. The van der Waals surface area contributed by atoms with E-state index in [1.807, 2.05) is 36.4 Å². The summed E-state index contributed by atoms with van der Waals surface area (Å²) in [5, 5.41) is 18.4. The van der Waals surface area contributed by atoms with Crippen molar-refractivity contribution >= 4 is 22.8 Å². The van der Waals surface area contributed by atoms with Gasteiger partial charge < -0.3 is 9.64 Å². The highest BCUT2D eigenvalue weighted by Crippen LogP contribution is 2.39. The highest BCUT2D eigenvalue weighted by atomic mass is 16.5. The summed E-state index contributed by atoms with van der Waals surface area (Å²) < 4.78 is 5.50. The van der Waals surface area contributed by atoms with Crippen molar-refractivity contribution in [3.8, 4) is 12.1 Å². The summed E-state index contributed by atoms with van der Waals surface area (Å²) in [6.07, 6.45) is 2.87. The van der Waals surface area contributed by atoms with Gasteiger partial charge in [0.15, 0.2) is 6.61 Å². The molecular weight excluding hydrogens is 416 g/mol. The van der Waals surface area contributed by atoms with Crippen LogP contribution in [-0.4, -0.2) is 41.5 Å². The largest absolute Gasteiger partial charge is 0.452 e. The smallest absolute Gasteiger partial charge is 0.339 e. The van der Waals surface area contributed by atoms with Crippen molar-refractivity contribution in [3.05, 3.63) is 41.1 Å². The molecule has 2 aromatic rings. The van der Waals surface area contributed by atoms with Gasteiger partial charge in [0.05, 0.1) is 36.1 Å². The van der Waals surface area contributed by atoms with E-state index >= 15 is 0 Å². The van der Waals surface area contributed by atoms with E-state index in [0.29, 0.717) is 11.5 Å². The Morgan fingerprint density at radius 2 is 1.82 bits per heavy atom. The molecule has 1 aromatic heterocycles. The number of benzene rings is 1. The van der Waals surface area contributed by atoms with Gasteiger partial charge in [-0.25, -0.2) is 4.79 Å². The molecule has 33 heavy (non-hydrogen) atoms. The van der Waals surface area contributed by atoms with Crippen molar-refractivity contribution in [3.63, 3.8) is 0 Å². The minimum Gasteiger partial charge on any atom is -0.452 e. The van der Waals surface area contributed by atoms with Crippen molar-refractivity contribution in [2.75, 3.05) is 19.7 Å². The molecule has 0 N–H and O–H groups in total. The predicted molar refractivity (Wildman–Crippen MR) is 124 cm³/mol. The van der Waals surface area contributed by atoms with Crippen LogP contribution in [0.15, 0.2) is 24.3 Å². The van der Waals surface area contributed by atoms with Crippen molar-refractivity contribution < 1.29 is 14.3 Å². The number of ether oxygens (including phenoxy) is 1. The number of carbonyl (C=O) groups excluding carboxylic acids is 2. The van der Waals surface area contributed by atoms with Crippen LogP contribution in [0.2, 0.25) is 0 Å². The van der Waals surface area contributed by atoms with Gasteiger partial charge in [0, 0.05) is 24.2 Å². The number of aryl methyl sites for hydroxylation is 1. The van der Waals surface area contributed by atoms with Gasteiger partial charge in [-0.1, -0.05) is 39.0 Å². The van der Waals surface area contributed by atoms with E-state index in [1.165, 1.54) is 4.90 Å². The SMILES string of the molecule is CC(C)(C)C1CCc2nc3ccccc3c(C(=O)OCC(=O)N(CCC#N)CCC#N)c2C1. The molecule has 3 rings (SSSR count). The Bertz CT molecular complexity index is 1100. The molecule has 0 fully saturated rings. The van der Waals surface area contributed by atoms with Crippen LogP contribution < -0.4 is 0 Å². The first kappa shape index (κ1) is 24.2. The zero-order valence-electron chi connectivity index (χ0n) is 19.6. The van der Waals surface area contributed by atoms with Gasteiger partial charge in [0.1, 0.15) is 0 Å². The molecule has 0 aliphatic heterocycles. The van der Waals surface area contributed by atoms with Gasteiger partial charge in [-0.05, 0) is 42.2 Å². The van der Waals surface area contributed by atoms with Gasteiger partial charge in [0.2, 0.25) is 0 Å². The second-order valence-corrected chi connectivity index (χ2v) is 9.51. The minimum atomic E-state index is -0.534. The third-order valence-corrected chi connectivity index (χ3v) is 6.35. The van der Waals surface area contributed by atoms with Crippen LogP contribution in [0.1, 0.15) is 61.6 Å². The number of carbonyl (C=O) groups is 2. The molecule has 7 nitrogen and oxygen atoms in total. The Morgan fingerprint density at radius 1 is 1.15 bits per heavy atom. The highest BCUT2D eigenvalue weighted by molar-refractivity contribution is 6.05. The van der Waals surface area contributed by atoms with Crippen LogP contribution in [0.4, 0.5) is 0 Å². The maximum absolute atomic E-state index is 13.3. The lowest BCUT2D eigenvalue weighted by Crippen LogP contribution is -2.36. The Labute approximate surface area is 195 Å². The number of rotatable bonds is 7. The molecule has 1 aliphatic carbocycles. The van der Waals surface area contributed by atoms with E-state index in [2.05, 4.69) is 20.8 Å². The summed E-state index contributed by atoms with van der Waals surface area (Å²) in [6, 6.07) is 11.5. The van der Waals surface area contributed by atoms with Crippen molar-refractivity contribution in [1.82, 2.24) is 9.88 Å². The van der Waals surface area contributed by atoms with Crippen LogP contribution in [0.5, 0.6) is 0 Å². The van der Waals surface area contributed by atoms with Gasteiger partial charge >= 0.3 is 5.97 Å². The van der Waals surface area contributed by atoms with Crippen LogP contribution >= 0.6 is 0 Å². The molecule has 0 radical (unpaired) electrons. The third-order valence-electron chi connectivity index (χ3n) is 6.35. The summed E-state index contributed by atoms with van der Waals surface area (Å²) in [6.45, 7) is 6.62. The van der Waals surface area contributed by atoms with E-state index < -0.39 is 18.5 Å².